The van der Waals surface area contributed by atoms with Crippen molar-refractivity contribution in [2.45, 2.75) is 25.7 Å². The van der Waals surface area contributed by atoms with E-state index in [4.69, 9.17) is 11.2 Å². The number of phenolic OH excluding ortho intramolecular Hbond substituents is 1. The van der Waals surface area contributed by atoms with Gasteiger partial charge in [-0.15, -0.1) is 6.42 Å². The second-order valence-electron chi connectivity index (χ2n) is 6.13. The number of nitrogens with zero attached hydrogens (tertiary/aromatic N) is 1. The average Bonchev–Trinajstić information content (AvgIpc) is 2.72. The first-order chi connectivity index (χ1) is 14.1. The highest BCUT2D eigenvalue weighted by atomic mass is 16.5. The number of amides is 2. The van der Waals surface area contributed by atoms with E-state index in [1.807, 2.05) is 0 Å². The molecular weight excluding hydrogens is 370 g/mol. The molecule has 0 aliphatic heterocycles. The molecule has 0 aliphatic rings. The monoisotopic (exact) mass is 393 g/mol. The Morgan fingerprint density at radius 3 is 2.45 bits per heavy atom. The number of phenols is 1. The Bertz CT molecular complexity index is 886. The third kappa shape index (κ3) is 8.18. The van der Waals surface area contributed by atoms with E-state index >= 15 is 0 Å². The van der Waals surface area contributed by atoms with Crippen molar-refractivity contribution >= 4 is 23.7 Å². The summed E-state index contributed by atoms with van der Waals surface area (Å²) < 4.78 is 5.27. The molecule has 0 heterocycles. The number of hydrazone groups is 1. The second-order valence-corrected chi connectivity index (χ2v) is 6.13. The number of carbonyl (C=O) groups is 2. The summed E-state index contributed by atoms with van der Waals surface area (Å²) in [6.07, 6.45) is 8.29. The minimum atomic E-state index is -0.226. The van der Waals surface area contributed by atoms with Gasteiger partial charge in [0, 0.05) is 12.8 Å². The lowest BCUT2D eigenvalue weighted by molar-refractivity contribution is -0.121. The fraction of sp³-hybridized carbons (Fsp3) is 0.227. The first-order valence-corrected chi connectivity index (χ1v) is 9.14. The van der Waals surface area contributed by atoms with Gasteiger partial charge < -0.3 is 15.2 Å². The lowest BCUT2D eigenvalue weighted by Crippen LogP contribution is -2.17. The number of ether oxygens (including phenoxy) is 1. The summed E-state index contributed by atoms with van der Waals surface area (Å²) in [5.41, 5.74) is 3.63. The molecule has 0 aliphatic carbocycles. The molecule has 3 N–H and O–H groups in total. The van der Waals surface area contributed by atoms with Gasteiger partial charge in [0.2, 0.25) is 11.8 Å². The van der Waals surface area contributed by atoms with Gasteiger partial charge in [0.25, 0.3) is 0 Å². The molecule has 2 amide bonds. The zero-order chi connectivity index (χ0) is 20.9. The SMILES string of the molecule is C#CCOc1ccc(/C=N/NC(=O)CCCCC(=O)Nc2ccccc2O)cc1. The van der Waals surface area contributed by atoms with Gasteiger partial charge in [0.15, 0.2) is 0 Å². The molecule has 0 aromatic heterocycles. The van der Waals surface area contributed by atoms with E-state index in [2.05, 4.69) is 21.8 Å². The largest absolute Gasteiger partial charge is 0.506 e. The molecule has 0 unspecified atom stereocenters. The van der Waals surface area contributed by atoms with Crippen LogP contribution in [0.25, 0.3) is 0 Å². The molecule has 0 fully saturated rings. The van der Waals surface area contributed by atoms with Crippen LogP contribution in [0.2, 0.25) is 0 Å². The number of carbonyl (C=O) groups excluding carboxylic acids is 2. The van der Waals surface area contributed by atoms with Crippen molar-refractivity contribution in [3.8, 4) is 23.8 Å². The summed E-state index contributed by atoms with van der Waals surface area (Å²) in [5.74, 6) is 2.64. The fourth-order valence-electron chi connectivity index (χ4n) is 2.37. The molecule has 7 nitrogen and oxygen atoms in total. The number of rotatable bonds is 10. The van der Waals surface area contributed by atoms with E-state index in [-0.39, 0.29) is 37.0 Å². The van der Waals surface area contributed by atoms with Gasteiger partial charge >= 0.3 is 0 Å². The van der Waals surface area contributed by atoms with E-state index < -0.39 is 0 Å². The molecule has 2 aromatic rings. The van der Waals surface area contributed by atoms with Crippen LogP contribution in [0, 0.1) is 12.3 Å². The van der Waals surface area contributed by atoms with Crippen LogP contribution in [0.15, 0.2) is 53.6 Å². The summed E-state index contributed by atoms with van der Waals surface area (Å²) in [7, 11) is 0. The van der Waals surface area contributed by atoms with Gasteiger partial charge in [-0.05, 0) is 54.8 Å². The number of para-hydroxylation sites is 2. The maximum Gasteiger partial charge on any atom is 0.240 e. The number of hydrogen-bond acceptors (Lipinski definition) is 5. The number of nitrogens with one attached hydrogen (secondary N) is 2. The van der Waals surface area contributed by atoms with Gasteiger partial charge in [-0.2, -0.15) is 5.10 Å². The smallest absolute Gasteiger partial charge is 0.240 e. The summed E-state index contributed by atoms with van der Waals surface area (Å²) in [6, 6.07) is 13.6. The summed E-state index contributed by atoms with van der Waals surface area (Å²) in [4.78, 5) is 23.6. The molecule has 2 aromatic carbocycles. The van der Waals surface area contributed by atoms with E-state index in [1.54, 1.807) is 42.5 Å². The van der Waals surface area contributed by atoms with Crippen LogP contribution in [-0.2, 0) is 9.59 Å². The van der Waals surface area contributed by atoms with E-state index in [0.717, 1.165) is 5.56 Å². The summed E-state index contributed by atoms with van der Waals surface area (Å²) in [5, 5.41) is 16.2. The predicted octanol–water partition coefficient (Wildman–Crippen LogP) is 3.05. The van der Waals surface area contributed by atoms with E-state index in [0.29, 0.717) is 24.3 Å². The second kappa shape index (κ2) is 11.8. The summed E-state index contributed by atoms with van der Waals surface area (Å²) >= 11 is 0. The zero-order valence-corrected chi connectivity index (χ0v) is 15.9. The van der Waals surface area contributed by atoms with Crippen LogP contribution >= 0.6 is 0 Å². The molecule has 0 saturated heterocycles. The number of terminal acetylenes is 1. The van der Waals surface area contributed by atoms with E-state index in [9.17, 15) is 14.7 Å². The van der Waals surface area contributed by atoms with Crippen molar-refractivity contribution in [3.63, 3.8) is 0 Å². The molecule has 0 radical (unpaired) electrons. The van der Waals surface area contributed by atoms with Crippen LogP contribution in [0.1, 0.15) is 31.2 Å². The normalized spacial score (nSPS) is 10.3. The molecule has 150 valence electrons. The van der Waals surface area contributed by atoms with Crippen molar-refractivity contribution in [1.29, 1.82) is 0 Å². The zero-order valence-electron chi connectivity index (χ0n) is 15.9. The topological polar surface area (TPSA) is 100 Å². The molecule has 0 atom stereocenters. The van der Waals surface area contributed by atoms with Gasteiger partial charge in [0.05, 0.1) is 11.9 Å². The van der Waals surface area contributed by atoms with Crippen LogP contribution < -0.4 is 15.5 Å². The van der Waals surface area contributed by atoms with Crippen molar-refractivity contribution < 1.29 is 19.4 Å². The Morgan fingerprint density at radius 1 is 1.07 bits per heavy atom. The minimum Gasteiger partial charge on any atom is -0.506 e. The van der Waals surface area contributed by atoms with Crippen LogP contribution in [0.5, 0.6) is 11.5 Å². The third-order valence-corrected chi connectivity index (χ3v) is 3.84. The van der Waals surface area contributed by atoms with E-state index in [1.165, 1.54) is 12.3 Å². The predicted molar refractivity (Wildman–Crippen MR) is 112 cm³/mol. The quantitative estimate of drug-likeness (QED) is 0.190. The van der Waals surface area contributed by atoms with Crippen LogP contribution in [0.3, 0.4) is 0 Å². The fourth-order valence-corrected chi connectivity index (χ4v) is 2.37. The number of benzene rings is 2. The summed E-state index contributed by atoms with van der Waals surface area (Å²) in [6.45, 7) is 0.208. The highest BCUT2D eigenvalue weighted by Crippen LogP contribution is 2.21. The lowest BCUT2D eigenvalue weighted by atomic mass is 10.2. The van der Waals surface area contributed by atoms with Gasteiger partial charge in [0.1, 0.15) is 18.1 Å². The number of aromatic hydroxyl groups is 1. The first kappa shape index (κ1) is 21.5. The number of hydrogen-bond donors (Lipinski definition) is 3. The third-order valence-electron chi connectivity index (χ3n) is 3.84. The molecule has 0 bridgehead atoms. The van der Waals surface area contributed by atoms with Crippen molar-refractivity contribution in [3.05, 3.63) is 54.1 Å². The molecular formula is C22H23N3O4. The van der Waals surface area contributed by atoms with Gasteiger partial charge in [-0.1, -0.05) is 18.1 Å². The number of unbranched alkanes of at least 4 members (excludes halogenated alkanes) is 1. The van der Waals surface area contributed by atoms with Gasteiger partial charge in [-0.25, -0.2) is 5.43 Å². The number of anilines is 1. The van der Waals surface area contributed by atoms with Crippen molar-refractivity contribution in [2.75, 3.05) is 11.9 Å². The van der Waals surface area contributed by atoms with Crippen molar-refractivity contribution in [2.24, 2.45) is 5.10 Å². The molecule has 2 rings (SSSR count). The van der Waals surface area contributed by atoms with Crippen LogP contribution in [0.4, 0.5) is 5.69 Å². The Labute approximate surface area is 169 Å². The highest BCUT2D eigenvalue weighted by molar-refractivity contribution is 5.92. The van der Waals surface area contributed by atoms with Gasteiger partial charge in [-0.3, -0.25) is 9.59 Å². The Morgan fingerprint density at radius 2 is 1.76 bits per heavy atom. The van der Waals surface area contributed by atoms with Crippen molar-refractivity contribution in [1.82, 2.24) is 5.43 Å². The highest BCUT2D eigenvalue weighted by Gasteiger charge is 2.06. The molecule has 29 heavy (non-hydrogen) atoms. The maximum atomic E-state index is 11.9. The molecule has 0 saturated carbocycles. The molecule has 0 spiro atoms. The minimum absolute atomic E-state index is 0.0211. The Hall–Kier alpha value is -3.79. The molecule has 7 heteroatoms. The Kier molecular flexibility index (Phi) is 8.77. The maximum absolute atomic E-state index is 11.9. The standard InChI is InChI=1S/C22H23N3O4/c1-2-15-29-18-13-11-17(12-14-18)16-23-25-22(28)10-6-5-9-21(27)24-19-7-3-4-8-20(19)26/h1,3-4,7-8,11-14,16,26H,5-6,9-10,15H2,(H,24,27)(H,25,28)/b23-16+. The Balaban J connectivity index is 1.62. The first-order valence-electron chi connectivity index (χ1n) is 9.14. The average molecular weight is 393 g/mol. The van der Waals surface area contributed by atoms with Crippen LogP contribution in [-0.4, -0.2) is 29.7 Å². The lowest BCUT2D eigenvalue weighted by Gasteiger charge is -2.06.